The molecule has 2 atom stereocenters. The van der Waals surface area contributed by atoms with Crippen LogP contribution in [0.4, 0.5) is 0 Å². The number of rotatable bonds is 5. The predicted molar refractivity (Wildman–Crippen MR) is 77.1 cm³/mol. The Bertz CT molecular complexity index is 683. The summed E-state index contributed by atoms with van der Waals surface area (Å²) in [5, 5.41) is 11.5. The molecule has 2 aromatic heterocycles. The third kappa shape index (κ3) is 3.63. The van der Waals surface area contributed by atoms with Gasteiger partial charge in [0.25, 0.3) is 5.91 Å². The van der Waals surface area contributed by atoms with Crippen LogP contribution >= 0.6 is 0 Å². The van der Waals surface area contributed by atoms with Gasteiger partial charge < -0.3 is 19.9 Å². The third-order valence-corrected chi connectivity index (χ3v) is 3.51. The molecule has 1 saturated heterocycles. The third-order valence-electron chi connectivity index (χ3n) is 3.51. The van der Waals surface area contributed by atoms with E-state index < -0.39 is 18.7 Å². The number of fused-ring (bicyclic) bond motifs is 1. The fourth-order valence-corrected chi connectivity index (χ4v) is 2.40. The number of hydrogen-bond acceptors (Lipinski definition) is 6. The van der Waals surface area contributed by atoms with Gasteiger partial charge in [0.15, 0.2) is 0 Å². The number of nitrogens with zero attached hydrogens (tertiary/aromatic N) is 3. The average molecular weight is 320 g/mol. The minimum Gasteiger partial charge on any atom is -0.480 e. The van der Waals surface area contributed by atoms with Crippen molar-refractivity contribution < 1.29 is 24.2 Å². The Kier molecular flexibility index (Phi) is 4.49. The normalized spacial score (nSPS) is 21.2. The zero-order valence-electron chi connectivity index (χ0n) is 12.2. The van der Waals surface area contributed by atoms with Crippen LogP contribution in [-0.4, -0.2) is 63.3 Å². The molecule has 0 aromatic carbocycles. The summed E-state index contributed by atoms with van der Waals surface area (Å²) in [4.78, 5) is 31.2. The summed E-state index contributed by atoms with van der Waals surface area (Å²) in [6.07, 6.45) is 4.97. The second-order valence-electron chi connectivity index (χ2n) is 5.14. The minimum absolute atomic E-state index is 0.241. The van der Waals surface area contributed by atoms with Gasteiger partial charge >= 0.3 is 5.97 Å². The molecule has 1 aliphatic rings. The lowest BCUT2D eigenvalue weighted by molar-refractivity contribution is -0.148. The van der Waals surface area contributed by atoms with Crippen LogP contribution in [0, 0.1) is 0 Å². The van der Waals surface area contributed by atoms with Gasteiger partial charge in [0.1, 0.15) is 18.4 Å². The van der Waals surface area contributed by atoms with Crippen LogP contribution in [-0.2, 0) is 14.3 Å². The van der Waals surface area contributed by atoms with Crippen LogP contribution in [0.25, 0.3) is 5.78 Å². The Balaban J connectivity index is 1.68. The molecule has 9 nitrogen and oxygen atoms in total. The number of carboxylic acid groups (broad SMARTS) is 1. The number of carbonyl (C=O) groups is 2. The summed E-state index contributed by atoms with van der Waals surface area (Å²) in [5.74, 6) is -0.985. The summed E-state index contributed by atoms with van der Waals surface area (Å²) in [6.45, 7) is 0.286. The lowest BCUT2D eigenvalue weighted by Gasteiger charge is -2.31. The molecule has 0 unspecified atom stereocenters. The van der Waals surface area contributed by atoms with Crippen molar-refractivity contribution in [3.05, 3.63) is 30.4 Å². The summed E-state index contributed by atoms with van der Waals surface area (Å²) in [6, 6.07) is 1.42. The Hall–Kier alpha value is -2.52. The van der Waals surface area contributed by atoms with Crippen molar-refractivity contribution in [2.24, 2.45) is 0 Å². The van der Waals surface area contributed by atoms with Gasteiger partial charge in [-0.3, -0.25) is 9.20 Å². The average Bonchev–Trinajstić information content (AvgIpc) is 2.98. The number of carbonyl (C=O) groups excluding carboxylic acids is 1. The molecule has 9 heteroatoms. The second-order valence-corrected chi connectivity index (χ2v) is 5.14. The maximum absolute atomic E-state index is 12.3. The van der Waals surface area contributed by atoms with Crippen LogP contribution in [0.15, 0.2) is 24.7 Å². The number of aromatic nitrogens is 3. The molecule has 0 aliphatic carbocycles. The molecule has 1 fully saturated rings. The summed E-state index contributed by atoms with van der Waals surface area (Å²) in [7, 11) is 0. The van der Waals surface area contributed by atoms with Gasteiger partial charge in [-0.05, 0) is 12.5 Å². The van der Waals surface area contributed by atoms with E-state index in [9.17, 15) is 9.59 Å². The fourth-order valence-electron chi connectivity index (χ4n) is 2.40. The van der Waals surface area contributed by atoms with Gasteiger partial charge in [-0.2, -0.15) is 0 Å². The maximum atomic E-state index is 12.3. The van der Waals surface area contributed by atoms with Crippen molar-refractivity contribution >= 4 is 17.7 Å². The number of ether oxygens (including phenoxy) is 2. The van der Waals surface area contributed by atoms with E-state index in [2.05, 4.69) is 15.3 Å². The summed E-state index contributed by atoms with van der Waals surface area (Å²) in [5.41, 5.74) is 0.243. The second kappa shape index (κ2) is 6.71. The first-order chi connectivity index (χ1) is 11.1. The van der Waals surface area contributed by atoms with E-state index >= 15 is 0 Å². The first-order valence-electron chi connectivity index (χ1n) is 7.15. The molecule has 2 aromatic rings. The molecule has 0 spiro atoms. The van der Waals surface area contributed by atoms with Crippen molar-refractivity contribution in [2.75, 3.05) is 19.8 Å². The molecule has 0 saturated carbocycles. The number of hydrogen-bond donors (Lipinski definition) is 2. The van der Waals surface area contributed by atoms with Crippen LogP contribution < -0.4 is 5.32 Å². The molecule has 3 heterocycles. The van der Waals surface area contributed by atoms with E-state index in [4.69, 9.17) is 14.6 Å². The quantitative estimate of drug-likeness (QED) is 0.778. The van der Waals surface area contributed by atoms with Crippen molar-refractivity contribution in [3.63, 3.8) is 0 Å². The molecule has 1 amide bonds. The molecule has 0 bridgehead atoms. The lowest BCUT2D eigenvalue weighted by atomic mass is 10.1. The van der Waals surface area contributed by atoms with Gasteiger partial charge in [-0.25, -0.2) is 14.8 Å². The van der Waals surface area contributed by atoms with Crippen molar-refractivity contribution in [2.45, 2.75) is 18.6 Å². The van der Waals surface area contributed by atoms with Crippen molar-refractivity contribution in [1.29, 1.82) is 0 Å². The summed E-state index contributed by atoms with van der Waals surface area (Å²) < 4.78 is 12.2. The smallest absolute Gasteiger partial charge is 0.329 e. The van der Waals surface area contributed by atoms with E-state index in [1.807, 2.05) is 0 Å². The van der Waals surface area contributed by atoms with E-state index in [0.29, 0.717) is 18.8 Å². The van der Waals surface area contributed by atoms with Crippen LogP contribution in [0.5, 0.6) is 0 Å². The van der Waals surface area contributed by atoms with Gasteiger partial charge in [0.05, 0.1) is 12.6 Å². The van der Waals surface area contributed by atoms with Gasteiger partial charge in [-0.1, -0.05) is 0 Å². The fraction of sp³-hybridized carbons (Fsp3) is 0.429. The monoisotopic (exact) mass is 320 g/mol. The highest BCUT2D eigenvalue weighted by atomic mass is 16.5. The number of nitrogens with one attached hydrogen (secondary N) is 1. The zero-order chi connectivity index (χ0) is 16.2. The van der Waals surface area contributed by atoms with Crippen LogP contribution in [0.1, 0.15) is 16.9 Å². The van der Waals surface area contributed by atoms with Gasteiger partial charge in [0, 0.05) is 25.2 Å². The molecular weight excluding hydrogens is 304 g/mol. The van der Waals surface area contributed by atoms with Gasteiger partial charge in [-0.15, -0.1) is 0 Å². The Morgan fingerprint density at radius 1 is 1.52 bits per heavy atom. The first kappa shape index (κ1) is 15.4. The largest absolute Gasteiger partial charge is 0.480 e. The number of imidazole rings is 1. The zero-order valence-corrected chi connectivity index (χ0v) is 12.2. The van der Waals surface area contributed by atoms with E-state index in [0.717, 1.165) is 0 Å². The van der Waals surface area contributed by atoms with Gasteiger partial charge in [0.2, 0.25) is 5.78 Å². The lowest BCUT2D eigenvalue weighted by Crippen LogP contribution is -2.50. The highest BCUT2D eigenvalue weighted by molar-refractivity contribution is 5.93. The molecular formula is C14H16N4O5. The van der Waals surface area contributed by atoms with E-state index in [1.54, 1.807) is 29.1 Å². The molecule has 0 radical (unpaired) electrons. The molecule has 3 rings (SSSR count). The SMILES string of the molecule is O=C(O)CO[C@@H]1COCC[C@H]1NC(=O)c1cn2cccnc2n1. The molecule has 23 heavy (non-hydrogen) atoms. The standard InChI is InChI=1S/C14H16N4O5/c19-12(20)8-23-11-7-22-5-2-9(11)16-13(21)10-6-18-4-1-3-15-14(18)17-10/h1,3-4,6,9,11H,2,5,7-8H2,(H,16,21)(H,19,20)/t9-,11-/m1/s1. The Morgan fingerprint density at radius 3 is 3.17 bits per heavy atom. The Morgan fingerprint density at radius 2 is 2.39 bits per heavy atom. The topological polar surface area (TPSA) is 115 Å². The first-order valence-corrected chi connectivity index (χ1v) is 7.15. The van der Waals surface area contributed by atoms with E-state index in [-0.39, 0.29) is 24.2 Å². The van der Waals surface area contributed by atoms with Crippen LogP contribution in [0.2, 0.25) is 0 Å². The van der Waals surface area contributed by atoms with Crippen LogP contribution in [0.3, 0.4) is 0 Å². The highest BCUT2D eigenvalue weighted by Crippen LogP contribution is 2.12. The predicted octanol–water partition coefficient (Wildman–Crippen LogP) is -0.282. The maximum Gasteiger partial charge on any atom is 0.329 e. The highest BCUT2D eigenvalue weighted by Gasteiger charge is 2.29. The number of amides is 1. The summed E-state index contributed by atoms with van der Waals surface area (Å²) >= 11 is 0. The van der Waals surface area contributed by atoms with E-state index in [1.165, 1.54) is 0 Å². The van der Waals surface area contributed by atoms with Crippen molar-refractivity contribution in [3.8, 4) is 0 Å². The number of carboxylic acids is 1. The van der Waals surface area contributed by atoms with Crippen molar-refractivity contribution in [1.82, 2.24) is 19.7 Å². The molecule has 122 valence electrons. The Labute approximate surface area is 131 Å². The molecule has 1 aliphatic heterocycles. The molecule has 2 N–H and O–H groups in total. The minimum atomic E-state index is -1.06. The number of aliphatic carboxylic acids is 1.